The number of rotatable bonds is 3. The van der Waals surface area contributed by atoms with Crippen molar-refractivity contribution in [3.8, 4) is 11.5 Å². The Hall–Kier alpha value is -2.86. The van der Waals surface area contributed by atoms with E-state index >= 15 is 0 Å². The SMILES string of the molecule is COc1cccc(C2=NN3[C@@H](C2)c2ccccc2O[C@H]3c2ccc(F)c(Br)c2)c1. The molecule has 29 heavy (non-hydrogen) atoms. The molecule has 0 spiro atoms. The predicted octanol–water partition coefficient (Wildman–Crippen LogP) is 5.84. The third-order valence-electron chi connectivity index (χ3n) is 5.33. The summed E-state index contributed by atoms with van der Waals surface area (Å²) in [5.74, 6) is 1.33. The molecule has 3 aromatic carbocycles. The molecule has 5 rings (SSSR count). The number of hydrogen-bond donors (Lipinski definition) is 0. The Bertz CT molecular complexity index is 1120. The molecule has 146 valence electrons. The monoisotopic (exact) mass is 452 g/mol. The summed E-state index contributed by atoms with van der Waals surface area (Å²) in [6.45, 7) is 0. The van der Waals surface area contributed by atoms with Gasteiger partial charge in [0.1, 0.15) is 17.3 Å². The van der Waals surface area contributed by atoms with Crippen molar-refractivity contribution in [3.63, 3.8) is 0 Å². The average molecular weight is 453 g/mol. The summed E-state index contributed by atoms with van der Waals surface area (Å²) < 4.78 is 25.9. The first-order valence-corrected chi connectivity index (χ1v) is 10.1. The van der Waals surface area contributed by atoms with Crippen LogP contribution in [0.15, 0.2) is 76.3 Å². The largest absolute Gasteiger partial charge is 0.497 e. The summed E-state index contributed by atoms with van der Waals surface area (Å²) in [5, 5.41) is 6.91. The van der Waals surface area contributed by atoms with Crippen molar-refractivity contribution in [2.24, 2.45) is 5.10 Å². The molecule has 0 radical (unpaired) electrons. The van der Waals surface area contributed by atoms with Gasteiger partial charge in [0.05, 0.1) is 23.3 Å². The maximum Gasteiger partial charge on any atom is 0.213 e. The molecule has 6 heteroatoms. The Morgan fingerprint density at radius 2 is 1.97 bits per heavy atom. The zero-order valence-electron chi connectivity index (χ0n) is 15.7. The Balaban J connectivity index is 1.59. The van der Waals surface area contributed by atoms with E-state index < -0.39 is 6.23 Å². The lowest BCUT2D eigenvalue weighted by atomic mass is 9.96. The van der Waals surface area contributed by atoms with Gasteiger partial charge in [0.25, 0.3) is 0 Å². The van der Waals surface area contributed by atoms with E-state index in [1.54, 1.807) is 19.2 Å². The Morgan fingerprint density at radius 1 is 1.10 bits per heavy atom. The number of ether oxygens (including phenoxy) is 2. The van der Waals surface area contributed by atoms with Gasteiger partial charge < -0.3 is 9.47 Å². The summed E-state index contributed by atoms with van der Waals surface area (Å²) in [7, 11) is 1.66. The van der Waals surface area contributed by atoms with Crippen LogP contribution in [0.5, 0.6) is 11.5 Å². The molecule has 0 fully saturated rings. The van der Waals surface area contributed by atoms with E-state index in [-0.39, 0.29) is 11.9 Å². The normalized spacial score (nSPS) is 19.8. The van der Waals surface area contributed by atoms with Crippen LogP contribution in [0.1, 0.15) is 35.4 Å². The lowest BCUT2D eigenvalue weighted by Gasteiger charge is -2.38. The highest BCUT2D eigenvalue weighted by molar-refractivity contribution is 9.10. The van der Waals surface area contributed by atoms with Gasteiger partial charge in [-0.2, -0.15) is 5.10 Å². The number of fused-ring (bicyclic) bond motifs is 3. The van der Waals surface area contributed by atoms with Gasteiger partial charge in [0.15, 0.2) is 0 Å². The van der Waals surface area contributed by atoms with Gasteiger partial charge in [-0.05, 0) is 46.3 Å². The first kappa shape index (κ1) is 18.2. The maximum absolute atomic E-state index is 13.8. The van der Waals surface area contributed by atoms with Gasteiger partial charge in [0.2, 0.25) is 6.23 Å². The van der Waals surface area contributed by atoms with Crippen LogP contribution in [-0.2, 0) is 0 Å². The van der Waals surface area contributed by atoms with Crippen LogP contribution in [0.3, 0.4) is 0 Å². The minimum absolute atomic E-state index is 0.0509. The van der Waals surface area contributed by atoms with Crippen molar-refractivity contribution in [1.82, 2.24) is 5.01 Å². The molecule has 0 N–H and O–H groups in total. The minimum Gasteiger partial charge on any atom is -0.497 e. The Morgan fingerprint density at radius 3 is 2.79 bits per heavy atom. The van der Waals surface area contributed by atoms with Crippen molar-refractivity contribution in [2.45, 2.75) is 18.7 Å². The number of nitrogens with zero attached hydrogens (tertiary/aromatic N) is 2. The molecular formula is C23H18BrFN2O2. The molecule has 2 aliphatic heterocycles. The molecule has 0 aliphatic carbocycles. The lowest BCUT2D eigenvalue weighted by molar-refractivity contribution is -0.0191. The fourth-order valence-corrected chi connectivity index (χ4v) is 4.29. The first-order chi connectivity index (χ1) is 14.1. The molecule has 0 amide bonds. The van der Waals surface area contributed by atoms with Crippen LogP contribution in [0.2, 0.25) is 0 Å². The van der Waals surface area contributed by atoms with Crippen molar-refractivity contribution >= 4 is 21.6 Å². The molecule has 0 saturated carbocycles. The minimum atomic E-state index is -0.435. The molecule has 2 aliphatic rings. The predicted molar refractivity (Wildman–Crippen MR) is 113 cm³/mol. The van der Waals surface area contributed by atoms with Gasteiger partial charge in [-0.1, -0.05) is 36.4 Å². The van der Waals surface area contributed by atoms with Crippen molar-refractivity contribution in [3.05, 3.63) is 93.7 Å². The van der Waals surface area contributed by atoms with Crippen LogP contribution in [0.4, 0.5) is 4.39 Å². The third-order valence-corrected chi connectivity index (χ3v) is 5.94. The fraction of sp³-hybridized carbons (Fsp3) is 0.174. The highest BCUT2D eigenvalue weighted by Gasteiger charge is 2.41. The van der Waals surface area contributed by atoms with Crippen LogP contribution >= 0.6 is 15.9 Å². The van der Waals surface area contributed by atoms with Crippen LogP contribution in [0, 0.1) is 5.82 Å². The van der Waals surface area contributed by atoms with Crippen molar-refractivity contribution in [2.75, 3.05) is 7.11 Å². The van der Waals surface area contributed by atoms with Gasteiger partial charge in [-0.25, -0.2) is 9.40 Å². The zero-order chi connectivity index (χ0) is 20.0. The molecule has 0 saturated heterocycles. The molecule has 0 aromatic heterocycles. The molecule has 0 unspecified atom stereocenters. The van der Waals surface area contributed by atoms with Crippen LogP contribution in [-0.4, -0.2) is 17.8 Å². The number of halogens is 2. The standard InChI is InChI=1S/C23H18BrFN2O2/c1-28-16-6-4-5-14(11-16)20-13-21-17-7-2-3-8-22(17)29-23(27(21)26-20)15-9-10-19(25)18(24)12-15/h2-12,21,23H,13H2,1H3/t21-,23-/m0/s1. The van der Waals surface area contributed by atoms with Crippen molar-refractivity contribution < 1.29 is 13.9 Å². The highest BCUT2D eigenvalue weighted by Crippen LogP contribution is 2.47. The fourth-order valence-electron chi connectivity index (χ4n) is 3.90. The van der Waals surface area contributed by atoms with E-state index in [0.717, 1.165) is 40.3 Å². The maximum atomic E-state index is 13.8. The quantitative estimate of drug-likeness (QED) is 0.500. The second kappa shape index (κ2) is 7.19. The van der Waals surface area contributed by atoms with E-state index in [1.165, 1.54) is 6.07 Å². The van der Waals surface area contributed by atoms with Gasteiger partial charge >= 0.3 is 0 Å². The summed E-state index contributed by atoms with van der Waals surface area (Å²) >= 11 is 3.28. The lowest BCUT2D eigenvalue weighted by Crippen LogP contribution is -2.33. The Labute approximate surface area is 176 Å². The third kappa shape index (κ3) is 3.17. The van der Waals surface area contributed by atoms with Crippen LogP contribution in [0.25, 0.3) is 0 Å². The molecular weight excluding hydrogens is 435 g/mol. The average Bonchev–Trinajstić information content (AvgIpc) is 3.21. The number of methoxy groups -OCH3 is 1. The summed E-state index contributed by atoms with van der Waals surface area (Å²) in [6.07, 6.45) is 0.321. The topological polar surface area (TPSA) is 34.1 Å². The highest BCUT2D eigenvalue weighted by atomic mass is 79.9. The summed E-state index contributed by atoms with van der Waals surface area (Å²) in [4.78, 5) is 0. The summed E-state index contributed by atoms with van der Waals surface area (Å²) in [6, 6.07) is 20.9. The molecule has 2 atom stereocenters. The summed E-state index contributed by atoms with van der Waals surface area (Å²) in [5.41, 5.74) is 3.94. The van der Waals surface area contributed by atoms with Crippen molar-refractivity contribution in [1.29, 1.82) is 0 Å². The van der Waals surface area contributed by atoms with Gasteiger partial charge in [-0.15, -0.1) is 0 Å². The Kier molecular flexibility index (Phi) is 4.51. The second-order valence-corrected chi connectivity index (χ2v) is 7.91. The smallest absolute Gasteiger partial charge is 0.213 e. The number of benzene rings is 3. The molecule has 2 heterocycles. The van der Waals surface area contributed by atoms with E-state index in [9.17, 15) is 4.39 Å². The van der Waals surface area contributed by atoms with E-state index in [2.05, 4.69) is 22.0 Å². The van der Waals surface area contributed by atoms with Gasteiger partial charge in [-0.3, -0.25) is 0 Å². The van der Waals surface area contributed by atoms with E-state index in [4.69, 9.17) is 14.6 Å². The molecule has 3 aromatic rings. The number of para-hydroxylation sites is 1. The first-order valence-electron chi connectivity index (χ1n) is 9.35. The van der Waals surface area contributed by atoms with Crippen LogP contribution < -0.4 is 9.47 Å². The number of hydrogen-bond acceptors (Lipinski definition) is 4. The second-order valence-electron chi connectivity index (χ2n) is 7.06. The van der Waals surface area contributed by atoms with E-state index in [0.29, 0.717) is 4.47 Å². The molecule has 4 nitrogen and oxygen atoms in total. The molecule has 0 bridgehead atoms. The number of hydrazone groups is 1. The van der Waals surface area contributed by atoms with Gasteiger partial charge in [0, 0.05) is 23.1 Å². The zero-order valence-corrected chi connectivity index (χ0v) is 17.3. The van der Waals surface area contributed by atoms with E-state index in [1.807, 2.05) is 47.5 Å².